The molecule has 3 rings (SSSR count). The van der Waals surface area contributed by atoms with Crippen molar-refractivity contribution in [1.29, 1.82) is 0 Å². The summed E-state index contributed by atoms with van der Waals surface area (Å²) in [5.41, 5.74) is 3.96. The average Bonchev–Trinajstić information content (AvgIpc) is 2.92. The number of carbonyl (C=O) groups excluding carboxylic acids is 2. The summed E-state index contributed by atoms with van der Waals surface area (Å²) < 4.78 is 29.1. The first-order valence-corrected chi connectivity index (χ1v) is 14.8. The molecular formula is C31H39N3O4S. The van der Waals surface area contributed by atoms with Crippen LogP contribution in [-0.2, 0) is 26.2 Å². The minimum absolute atomic E-state index is 0.0994. The average molecular weight is 550 g/mol. The van der Waals surface area contributed by atoms with Crippen molar-refractivity contribution >= 4 is 27.5 Å². The van der Waals surface area contributed by atoms with Crippen molar-refractivity contribution in [2.24, 2.45) is 0 Å². The lowest BCUT2D eigenvalue weighted by atomic mass is 10.1. The minimum Gasteiger partial charge on any atom is -0.354 e. The number of aryl methyl sites for hydroxylation is 3. The van der Waals surface area contributed by atoms with Crippen LogP contribution < -0.4 is 9.62 Å². The van der Waals surface area contributed by atoms with Gasteiger partial charge in [0.2, 0.25) is 11.8 Å². The molecule has 0 radical (unpaired) electrons. The molecule has 3 aromatic rings. The predicted octanol–water partition coefficient (Wildman–Crippen LogP) is 5.14. The minimum atomic E-state index is -4.08. The van der Waals surface area contributed by atoms with Crippen LogP contribution in [-0.4, -0.2) is 44.3 Å². The zero-order valence-electron chi connectivity index (χ0n) is 23.5. The van der Waals surface area contributed by atoms with E-state index in [1.807, 2.05) is 71.0 Å². The first kappa shape index (κ1) is 29.9. The van der Waals surface area contributed by atoms with Crippen molar-refractivity contribution < 1.29 is 18.0 Å². The number of rotatable bonds is 12. The van der Waals surface area contributed by atoms with Gasteiger partial charge in [0.1, 0.15) is 12.6 Å². The molecule has 0 bridgehead atoms. The van der Waals surface area contributed by atoms with Gasteiger partial charge in [0, 0.05) is 13.1 Å². The van der Waals surface area contributed by atoms with Crippen LogP contribution in [0.15, 0.2) is 77.7 Å². The molecule has 0 heterocycles. The van der Waals surface area contributed by atoms with E-state index in [1.165, 1.54) is 4.90 Å². The van der Waals surface area contributed by atoms with Gasteiger partial charge in [-0.25, -0.2) is 8.42 Å². The third kappa shape index (κ3) is 7.26. The molecule has 3 aromatic carbocycles. The van der Waals surface area contributed by atoms with Gasteiger partial charge in [-0.1, -0.05) is 74.0 Å². The summed E-state index contributed by atoms with van der Waals surface area (Å²) in [7, 11) is -4.08. The van der Waals surface area contributed by atoms with Gasteiger partial charge in [-0.15, -0.1) is 0 Å². The number of hydrogen-bond acceptors (Lipinski definition) is 4. The lowest BCUT2D eigenvalue weighted by molar-refractivity contribution is -0.140. The first-order chi connectivity index (χ1) is 18.6. The summed E-state index contributed by atoms with van der Waals surface area (Å²) in [5.74, 6) is -0.694. The second-order valence-corrected chi connectivity index (χ2v) is 11.6. The molecule has 0 aliphatic rings. The highest BCUT2D eigenvalue weighted by Gasteiger charge is 2.34. The molecule has 0 aliphatic heterocycles. The molecule has 1 unspecified atom stereocenters. The zero-order valence-corrected chi connectivity index (χ0v) is 24.3. The van der Waals surface area contributed by atoms with Gasteiger partial charge >= 0.3 is 0 Å². The molecule has 0 aliphatic carbocycles. The maximum absolute atomic E-state index is 14.1. The van der Waals surface area contributed by atoms with Crippen LogP contribution in [0, 0.1) is 20.8 Å². The van der Waals surface area contributed by atoms with Crippen molar-refractivity contribution in [2.45, 2.75) is 64.9 Å². The number of carbonyl (C=O) groups is 2. The number of benzene rings is 3. The Labute approximate surface area is 232 Å². The van der Waals surface area contributed by atoms with Gasteiger partial charge in [0.05, 0.1) is 10.6 Å². The number of sulfonamides is 1. The van der Waals surface area contributed by atoms with Crippen molar-refractivity contribution in [3.63, 3.8) is 0 Å². The summed E-state index contributed by atoms with van der Waals surface area (Å²) in [6, 6.07) is 20.6. The Balaban J connectivity index is 2.07. The van der Waals surface area contributed by atoms with E-state index in [4.69, 9.17) is 0 Å². The molecule has 1 N–H and O–H groups in total. The predicted molar refractivity (Wildman–Crippen MR) is 156 cm³/mol. The van der Waals surface area contributed by atoms with Gasteiger partial charge in [0.15, 0.2) is 0 Å². The van der Waals surface area contributed by atoms with Gasteiger partial charge in [0.25, 0.3) is 10.0 Å². The van der Waals surface area contributed by atoms with E-state index in [-0.39, 0.29) is 17.3 Å². The summed E-state index contributed by atoms with van der Waals surface area (Å²) in [4.78, 5) is 28.9. The lowest BCUT2D eigenvalue weighted by Gasteiger charge is -2.34. The van der Waals surface area contributed by atoms with E-state index in [2.05, 4.69) is 5.32 Å². The molecular weight excluding hydrogens is 510 g/mol. The Morgan fingerprint density at radius 3 is 2.05 bits per heavy atom. The lowest BCUT2D eigenvalue weighted by Crippen LogP contribution is -2.52. The fraction of sp³-hybridized carbons (Fsp3) is 0.355. The SMILES string of the molecule is CCCNC(=O)C(CC)N(Cc1ccccc1C)C(=O)CN(c1ccccc1C)S(=O)(=O)c1ccc(C)cc1. The van der Waals surface area contributed by atoms with Crippen LogP contribution in [0.5, 0.6) is 0 Å². The van der Waals surface area contributed by atoms with Crippen molar-refractivity contribution in [2.75, 3.05) is 17.4 Å². The summed E-state index contributed by atoms with van der Waals surface area (Å²) in [5, 5.41) is 2.91. The number of para-hydroxylation sites is 1. The highest BCUT2D eigenvalue weighted by Crippen LogP contribution is 2.28. The molecule has 8 heteroatoms. The molecule has 0 fully saturated rings. The van der Waals surface area contributed by atoms with E-state index in [0.29, 0.717) is 18.7 Å². The fourth-order valence-corrected chi connectivity index (χ4v) is 5.93. The summed E-state index contributed by atoms with van der Waals surface area (Å²) >= 11 is 0. The van der Waals surface area contributed by atoms with E-state index in [9.17, 15) is 18.0 Å². The Bertz CT molecular complexity index is 1390. The van der Waals surface area contributed by atoms with Gasteiger partial charge in [-0.05, 0) is 68.5 Å². The largest absolute Gasteiger partial charge is 0.354 e. The third-order valence-electron chi connectivity index (χ3n) is 6.81. The van der Waals surface area contributed by atoms with Crippen molar-refractivity contribution in [3.8, 4) is 0 Å². The zero-order chi connectivity index (χ0) is 28.6. The number of hydrogen-bond donors (Lipinski definition) is 1. The second-order valence-electron chi connectivity index (χ2n) is 9.77. The number of nitrogens with zero attached hydrogens (tertiary/aromatic N) is 2. The van der Waals surface area contributed by atoms with Crippen LogP contribution in [0.2, 0.25) is 0 Å². The molecule has 0 aromatic heterocycles. The maximum Gasteiger partial charge on any atom is 0.264 e. The van der Waals surface area contributed by atoms with Gasteiger partial charge in [-0.3, -0.25) is 13.9 Å². The molecule has 208 valence electrons. The second kappa shape index (κ2) is 13.4. The molecule has 39 heavy (non-hydrogen) atoms. The summed E-state index contributed by atoms with van der Waals surface area (Å²) in [6.07, 6.45) is 1.16. The smallest absolute Gasteiger partial charge is 0.264 e. The summed E-state index contributed by atoms with van der Waals surface area (Å²) in [6.45, 7) is 9.73. The maximum atomic E-state index is 14.1. The Hall–Kier alpha value is -3.65. The van der Waals surface area contributed by atoms with E-state index < -0.39 is 28.5 Å². The van der Waals surface area contributed by atoms with Crippen LogP contribution in [0.4, 0.5) is 5.69 Å². The van der Waals surface area contributed by atoms with E-state index >= 15 is 0 Å². The highest BCUT2D eigenvalue weighted by molar-refractivity contribution is 7.92. The van der Waals surface area contributed by atoms with Crippen LogP contribution in [0.1, 0.15) is 48.9 Å². The fourth-order valence-electron chi connectivity index (χ4n) is 4.45. The quantitative estimate of drug-likeness (QED) is 0.339. The Kier molecular flexibility index (Phi) is 10.3. The van der Waals surface area contributed by atoms with Gasteiger partial charge < -0.3 is 10.2 Å². The van der Waals surface area contributed by atoms with E-state index in [0.717, 1.165) is 33.0 Å². The number of anilines is 1. The standard InChI is InChI=1S/C31H39N3O4S/c1-6-20-32-31(36)28(7-2)33(21-26-14-10-8-12-24(26)4)30(35)22-34(29-15-11-9-13-25(29)5)39(37,38)27-18-16-23(3)17-19-27/h8-19,28H,6-7,20-22H2,1-5H3,(H,32,36). The van der Waals surface area contributed by atoms with Crippen LogP contribution in [0.3, 0.4) is 0 Å². The molecule has 0 saturated carbocycles. The molecule has 0 spiro atoms. The van der Waals surface area contributed by atoms with Crippen molar-refractivity contribution in [3.05, 3.63) is 95.1 Å². The first-order valence-electron chi connectivity index (χ1n) is 13.4. The Morgan fingerprint density at radius 1 is 0.846 bits per heavy atom. The number of nitrogens with one attached hydrogen (secondary N) is 1. The normalized spacial score (nSPS) is 12.0. The van der Waals surface area contributed by atoms with E-state index in [1.54, 1.807) is 36.4 Å². The molecule has 2 amide bonds. The van der Waals surface area contributed by atoms with Crippen molar-refractivity contribution in [1.82, 2.24) is 10.2 Å². The van der Waals surface area contributed by atoms with Gasteiger partial charge in [-0.2, -0.15) is 0 Å². The topological polar surface area (TPSA) is 86.8 Å². The van der Waals surface area contributed by atoms with Crippen LogP contribution >= 0.6 is 0 Å². The number of amides is 2. The molecule has 1 atom stereocenters. The monoisotopic (exact) mass is 549 g/mol. The molecule has 0 saturated heterocycles. The molecule has 7 nitrogen and oxygen atoms in total. The Morgan fingerprint density at radius 2 is 1.46 bits per heavy atom. The van der Waals surface area contributed by atoms with Crippen LogP contribution in [0.25, 0.3) is 0 Å². The third-order valence-corrected chi connectivity index (χ3v) is 8.58. The highest BCUT2D eigenvalue weighted by atomic mass is 32.2.